The Balaban J connectivity index is 0.00000132. The van der Waals surface area contributed by atoms with E-state index in [1.165, 1.54) is 0 Å². The van der Waals surface area contributed by atoms with Gasteiger partial charge in [0.25, 0.3) is 0 Å². The number of pyridine rings is 2. The molecule has 0 saturated carbocycles. The normalized spacial score (nSPS) is 11.2. The molecule has 0 aliphatic rings. The van der Waals surface area contributed by atoms with Crippen LogP contribution in [0.1, 0.15) is 26.3 Å². The molecule has 0 saturated heterocycles. The van der Waals surface area contributed by atoms with Crippen LogP contribution >= 0.6 is 0 Å². The molecule has 0 unspecified atom stereocenters. The third-order valence-corrected chi connectivity index (χ3v) is 4.41. The second-order valence-corrected chi connectivity index (χ2v) is 6.60. The average molecular weight is 418 g/mol. The van der Waals surface area contributed by atoms with Crippen molar-refractivity contribution in [2.24, 2.45) is 5.73 Å². The number of aliphatic hydroxyl groups is 1. The minimum absolute atomic E-state index is 0.0234. The summed E-state index contributed by atoms with van der Waals surface area (Å²) in [7, 11) is 0. The number of nitrogens with one attached hydrogen (secondary N) is 1. The number of nitrogens with zero attached hydrogens (tertiary/aromatic N) is 4. The van der Waals surface area contributed by atoms with Gasteiger partial charge in [0.1, 0.15) is 17.2 Å². The van der Waals surface area contributed by atoms with Crippen molar-refractivity contribution in [1.29, 1.82) is 0 Å². The molecule has 0 radical (unpaired) electrons. The Kier molecular flexibility index (Phi) is 6.84. The molecule has 0 fully saturated rings. The number of hydrogen-bond donors (Lipinski definition) is 4. The zero-order valence-corrected chi connectivity index (χ0v) is 17.9. The van der Waals surface area contributed by atoms with E-state index >= 15 is 0 Å². The van der Waals surface area contributed by atoms with Crippen molar-refractivity contribution in [3.05, 3.63) is 72.2 Å². The first kappa shape index (κ1) is 21.8. The molecule has 4 rings (SSSR count). The Morgan fingerprint density at radius 2 is 1.84 bits per heavy atom. The maximum atomic E-state index is 9.36. The lowest BCUT2D eigenvalue weighted by atomic mass is 10.2. The highest BCUT2D eigenvalue weighted by molar-refractivity contribution is 5.83. The number of aliphatic hydroxyl groups excluding tert-OH is 1. The Morgan fingerprint density at radius 1 is 1.10 bits per heavy atom. The summed E-state index contributed by atoms with van der Waals surface area (Å²) in [5.41, 5.74) is 16.2. The predicted octanol–water partition coefficient (Wildman–Crippen LogP) is 3.82. The topological polar surface area (TPSA) is 128 Å². The number of hydrogen-bond acceptors (Lipinski definition) is 7. The molecule has 0 spiro atoms. The summed E-state index contributed by atoms with van der Waals surface area (Å²) >= 11 is 0. The maximum absolute atomic E-state index is 9.36. The molecular weight excluding hydrogens is 390 g/mol. The lowest BCUT2D eigenvalue weighted by molar-refractivity contribution is 0.282. The minimum Gasteiger partial charge on any atom is -0.401 e. The number of aromatic nitrogens is 4. The highest BCUT2D eigenvalue weighted by atomic mass is 16.3. The molecule has 0 amide bonds. The van der Waals surface area contributed by atoms with E-state index in [0.29, 0.717) is 39.9 Å². The summed E-state index contributed by atoms with van der Waals surface area (Å²) < 4.78 is 1.92. The molecule has 6 N–H and O–H groups in total. The lowest BCUT2D eigenvalue weighted by Gasteiger charge is -2.11. The monoisotopic (exact) mass is 417 g/mol. The fraction of sp³-hybridized carbons (Fsp3) is 0.174. The zero-order valence-electron chi connectivity index (χ0n) is 17.9. The summed E-state index contributed by atoms with van der Waals surface area (Å²) in [6, 6.07) is 15.0. The fourth-order valence-corrected chi connectivity index (χ4v) is 3.01. The molecule has 0 atom stereocenters. The molecule has 31 heavy (non-hydrogen) atoms. The molecule has 0 bridgehead atoms. The molecule has 4 aromatic rings. The smallest absolute Gasteiger partial charge is 0.167 e. The Labute approximate surface area is 181 Å². The Bertz CT molecular complexity index is 1190. The number of anilines is 2. The Hall–Kier alpha value is -3.91. The van der Waals surface area contributed by atoms with E-state index in [0.717, 1.165) is 11.3 Å². The van der Waals surface area contributed by atoms with Crippen LogP contribution < -0.4 is 16.8 Å². The SMILES string of the molecule is C/C(N)=C/Nc1ccc2nc(-c3cccnc3N)n(-c3ccc(CO)cc3)c2n1.CC. The number of nitrogens with two attached hydrogens (primary N) is 2. The summed E-state index contributed by atoms with van der Waals surface area (Å²) in [6.45, 7) is 5.77. The molecule has 3 aromatic heterocycles. The molecule has 8 nitrogen and oxygen atoms in total. The van der Waals surface area contributed by atoms with E-state index in [1.807, 2.05) is 66.9 Å². The van der Waals surface area contributed by atoms with Gasteiger partial charge in [0, 0.05) is 23.8 Å². The van der Waals surface area contributed by atoms with Crippen molar-refractivity contribution >= 4 is 22.8 Å². The summed E-state index contributed by atoms with van der Waals surface area (Å²) in [4.78, 5) is 13.7. The van der Waals surface area contributed by atoms with E-state index in [-0.39, 0.29) is 6.61 Å². The van der Waals surface area contributed by atoms with Gasteiger partial charge < -0.3 is 21.9 Å². The quantitative estimate of drug-likeness (QED) is 0.389. The van der Waals surface area contributed by atoms with Gasteiger partial charge in [0.15, 0.2) is 11.5 Å². The number of benzene rings is 1. The molecule has 0 aliphatic heterocycles. The van der Waals surface area contributed by atoms with Gasteiger partial charge in [0.05, 0.1) is 12.2 Å². The van der Waals surface area contributed by atoms with Crippen LogP contribution in [-0.4, -0.2) is 24.6 Å². The van der Waals surface area contributed by atoms with Crippen LogP contribution in [0, 0.1) is 0 Å². The van der Waals surface area contributed by atoms with E-state index in [2.05, 4.69) is 10.3 Å². The third kappa shape index (κ3) is 4.65. The van der Waals surface area contributed by atoms with Gasteiger partial charge in [-0.2, -0.15) is 0 Å². The number of allylic oxidation sites excluding steroid dienone is 1. The van der Waals surface area contributed by atoms with Gasteiger partial charge in [-0.25, -0.2) is 15.0 Å². The maximum Gasteiger partial charge on any atom is 0.167 e. The average Bonchev–Trinajstić information content (AvgIpc) is 3.18. The van der Waals surface area contributed by atoms with Crippen molar-refractivity contribution in [3.63, 3.8) is 0 Å². The first-order valence-electron chi connectivity index (χ1n) is 10.1. The molecule has 1 aromatic carbocycles. The second-order valence-electron chi connectivity index (χ2n) is 6.60. The molecular formula is C23H27N7O. The van der Waals surface area contributed by atoms with Gasteiger partial charge in [-0.1, -0.05) is 26.0 Å². The fourth-order valence-electron chi connectivity index (χ4n) is 3.01. The third-order valence-electron chi connectivity index (χ3n) is 4.41. The summed E-state index contributed by atoms with van der Waals surface area (Å²) in [6.07, 6.45) is 3.33. The van der Waals surface area contributed by atoms with Crippen molar-refractivity contribution < 1.29 is 5.11 Å². The molecule has 3 heterocycles. The Morgan fingerprint density at radius 3 is 2.48 bits per heavy atom. The largest absolute Gasteiger partial charge is 0.401 e. The highest BCUT2D eigenvalue weighted by Crippen LogP contribution is 2.30. The second kappa shape index (κ2) is 9.73. The van der Waals surface area contributed by atoms with Crippen LogP contribution in [0.5, 0.6) is 0 Å². The van der Waals surface area contributed by atoms with Crippen LogP contribution in [0.3, 0.4) is 0 Å². The van der Waals surface area contributed by atoms with Crippen molar-refractivity contribution in [1.82, 2.24) is 19.5 Å². The van der Waals surface area contributed by atoms with Crippen LogP contribution in [0.4, 0.5) is 11.6 Å². The lowest BCUT2D eigenvalue weighted by Crippen LogP contribution is -2.03. The van der Waals surface area contributed by atoms with E-state index in [1.54, 1.807) is 19.3 Å². The van der Waals surface area contributed by atoms with Gasteiger partial charge in [-0.3, -0.25) is 4.57 Å². The van der Waals surface area contributed by atoms with Crippen LogP contribution in [0.25, 0.3) is 28.2 Å². The van der Waals surface area contributed by atoms with Crippen molar-refractivity contribution in [2.75, 3.05) is 11.1 Å². The van der Waals surface area contributed by atoms with Gasteiger partial charge in [-0.15, -0.1) is 0 Å². The predicted molar refractivity (Wildman–Crippen MR) is 125 cm³/mol. The number of imidazole rings is 1. The van der Waals surface area contributed by atoms with Crippen molar-refractivity contribution in [3.8, 4) is 17.1 Å². The zero-order chi connectivity index (χ0) is 22.4. The van der Waals surface area contributed by atoms with Crippen LogP contribution in [-0.2, 0) is 6.61 Å². The highest BCUT2D eigenvalue weighted by Gasteiger charge is 2.18. The van der Waals surface area contributed by atoms with Gasteiger partial charge >= 0.3 is 0 Å². The van der Waals surface area contributed by atoms with E-state index in [4.69, 9.17) is 21.4 Å². The summed E-state index contributed by atoms with van der Waals surface area (Å²) in [5, 5.41) is 12.4. The number of nitrogen functional groups attached to an aromatic ring is 1. The van der Waals surface area contributed by atoms with E-state index in [9.17, 15) is 5.11 Å². The molecule has 8 heteroatoms. The first-order chi connectivity index (χ1) is 15.1. The molecule has 0 aliphatic carbocycles. The standard InChI is InChI=1S/C21H21N7O.C2H6/c1-13(22)11-25-18-9-8-17-21(27-18)28(15-6-4-14(12-29)5-7-15)20(26-17)16-3-2-10-24-19(16)23;1-2/h2-11,29H,12,22H2,1H3,(H2,23,24)(H,25,27);1-2H3/b13-11-;. The molecule has 160 valence electrons. The van der Waals surface area contributed by atoms with Gasteiger partial charge in [0.2, 0.25) is 0 Å². The van der Waals surface area contributed by atoms with Crippen LogP contribution in [0.2, 0.25) is 0 Å². The van der Waals surface area contributed by atoms with Gasteiger partial charge in [-0.05, 0) is 48.9 Å². The van der Waals surface area contributed by atoms with Crippen molar-refractivity contribution in [2.45, 2.75) is 27.4 Å². The first-order valence-corrected chi connectivity index (χ1v) is 10.1. The van der Waals surface area contributed by atoms with Crippen LogP contribution in [0.15, 0.2) is 66.6 Å². The van der Waals surface area contributed by atoms with E-state index < -0.39 is 0 Å². The number of fused-ring (bicyclic) bond motifs is 1. The minimum atomic E-state index is -0.0234. The summed E-state index contributed by atoms with van der Waals surface area (Å²) in [5.74, 6) is 1.66. The number of rotatable bonds is 5.